The van der Waals surface area contributed by atoms with Gasteiger partial charge in [-0.3, -0.25) is 29.4 Å². The Balaban J connectivity index is 0.758. The number of methoxy groups -OCH3 is 2. The van der Waals surface area contributed by atoms with Crippen LogP contribution in [0, 0.1) is 11.3 Å². The van der Waals surface area contributed by atoms with Gasteiger partial charge in [0.2, 0.25) is 11.8 Å². The van der Waals surface area contributed by atoms with Crippen LogP contribution in [0.3, 0.4) is 0 Å². The van der Waals surface area contributed by atoms with E-state index in [0.29, 0.717) is 41.0 Å². The standard InChI is InChI=1S/C47H57N7O7/c1-50(2)42-21-35-36(24-48-42)45(57)51(3)27-37(35)31-18-40(59-4)38(41(19-31)60-5)28-52-14-10-29(11-15-52)25-53-16-12-47(13-17-53)22-33(23-47)61-32-7-6-30-26-54(46(58)34(30)20-32)39-8-9-43(55)49-44(39)56/h6-7,18-21,24,27,29,33,39H,8-17,22-23,25-26,28H2,1-5H3,(H,49,55,56). The van der Waals surface area contributed by atoms with Crippen LogP contribution in [0.2, 0.25) is 0 Å². The molecule has 1 spiro atoms. The van der Waals surface area contributed by atoms with E-state index >= 15 is 0 Å². The van der Waals surface area contributed by atoms with E-state index in [9.17, 15) is 19.2 Å². The maximum Gasteiger partial charge on any atom is 0.259 e. The highest BCUT2D eigenvalue weighted by Gasteiger charge is 2.47. The largest absolute Gasteiger partial charge is 0.496 e. The smallest absolute Gasteiger partial charge is 0.259 e. The van der Waals surface area contributed by atoms with Gasteiger partial charge in [0.1, 0.15) is 29.1 Å². The van der Waals surface area contributed by atoms with Crippen molar-refractivity contribution in [2.45, 2.75) is 76.6 Å². The first-order valence-electron chi connectivity index (χ1n) is 21.7. The molecule has 1 N–H and O–H groups in total. The molecule has 2 aromatic heterocycles. The Morgan fingerprint density at radius 2 is 1.59 bits per heavy atom. The normalized spacial score (nSPS) is 21.1. The monoisotopic (exact) mass is 831 g/mol. The summed E-state index contributed by atoms with van der Waals surface area (Å²) in [6.07, 6.45) is 11.1. The lowest BCUT2D eigenvalue weighted by molar-refractivity contribution is -0.136. The van der Waals surface area contributed by atoms with Crippen molar-refractivity contribution >= 4 is 34.3 Å². The van der Waals surface area contributed by atoms with E-state index in [1.54, 1.807) is 36.9 Å². The molecule has 2 aromatic carbocycles. The number of benzene rings is 2. The Hall–Kier alpha value is -5.47. The molecule has 1 saturated carbocycles. The second-order valence-corrected chi connectivity index (χ2v) is 18.2. The van der Waals surface area contributed by atoms with Crippen molar-refractivity contribution in [2.75, 3.05) is 65.9 Å². The van der Waals surface area contributed by atoms with E-state index < -0.39 is 11.9 Å². The summed E-state index contributed by atoms with van der Waals surface area (Å²) in [6, 6.07) is 11.2. The van der Waals surface area contributed by atoms with Crippen LogP contribution < -0.4 is 30.0 Å². The highest BCUT2D eigenvalue weighted by atomic mass is 16.5. The summed E-state index contributed by atoms with van der Waals surface area (Å²) in [6.45, 7) is 6.53. The van der Waals surface area contributed by atoms with Crippen molar-refractivity contribution in [3.05, 3.63) is 75.8 Å². The SMILES string of the molecule is COc1cc(-c2cn(C)c(=O)c3cnc(N(C)C)cc23)cc(OC)c1CN1CCC(CN2CCC3(CC2)CC(Oc2ccc4c(c2)C(=O)N(C2CCC(=O)NC2=O)C4)C3)CC1. The molecule has 1 unspecified atom stereocenters. The molecule has 4 aromatic rings. The van der Waals surface area contributed by atoms with Crippen LogP contribution in [0.4, 0.5) is 5.82 Å². The number of rotatable bonds is 11. The molecule has 1 aliphatic carbocycles. The number of aryl methyl sites for hydroxylation is 1. The highest BCUT2D eigenvalue weighted by Crippen LogP contribution is 2.51. The third kappa shape index (κ3) is 7.96. The number of anilines is 1. The molecular weight excluding hydrogens is 775 g/mol. The number of amides is 3. The number of nitrogens with zero attached hydrogens (tertiary/aromatic N) is 6. The number of ether oxygens (including phenoxy) is 3. The molecule has 3 amide bonds. The number of pyridine rings is 2. The van der Waals surface area contributed by atoms with E-state index in [1.807, 2.05) is 49.5 Å². The molecule has 4 fully saturated rings. The molecule has 1 atom stereocenters. The highest BCUT2D eigenvalue weighted by molar-refractivity contribution is 6.05. The second-order valence-electron chi connectivity index (χ2n) is 18.2. The number of likely N-dealkylation sites (tertiary alicyclic amines) is 2. The molecule has 14 heteroatoms. The first kappa shape index (κ1) is 40.9. The third-order valence-electron chi connectivity index (χ3n) is 14.1. The molecule has 0 radical (unpaired) electrons. The molecule has 14 nitrogen and oxygen atoms in total. The lowest BCUT2D eigenvalue weighted by Crippen LogP contribution is -2.52. The number of imide groups is 1. The van der Waals surface area contributed by atoms with E-state index in [4.69, 9.17) is 14.2 Å². The maximum absolute atomic E-state index is 13.3. The number of hydrogen-bond acceptors (Lipinski definition) is 11. The molecule has 6 heterocycles. The summed E-state index contributed by atoms with van der Waals surface area (Å²) in [5.74, 6) is 2.85. The minimum absolute atomic E-state index is 0.0877. The number of piperidine rings is 3. The van der Waals surface area contributed by atoms with Gasteiger partial charge in [-0.05, 0) is 124 Å². The summed E-state index contributed by atoms with van der Waals surface area (Å²) in [7, 11) is 9.07. The summed E-state index contributed by atoms with van der Waals surface area (Å²) >= 11 is 0. The number of nitrogens with one attached hydrogen (secondary N) is 1. The van der Waals surface area contributed by atoms with Crippen LogP contribution in [-0.4, -0.2) is 115 Å². The predicted octanol–water partition coefficient (Wildman–Crippen LogP) is 4.98. The van der Waals surface area contributed by atoms with Crippen LogP contribution in [0.25, 0.3) is 21.9 Å². The maximum atomic E-state index is 13.3. The van der Waals surface area contributed by atoms with E-state index in [0.717, 1.165) is 110 Å². The van der Waals surface area contributed by atoms with Crippen LogP contribution in [-0.2, 0) is 29.7 Å². The number of aromatic nitrogens is 2. The van der Waals surface area contributed by atoms with Gasteiger partial charge in [-0.1, -0.05) is 6.07 Å². The molecule has 0 bridgehead atoms. The summed E-state index contributed by atoms with van der Waals surface area (Å²) in [5, 5.41) is 3.77. The van der Waals surface area contributed by atoms with Crippen LogP contribution in [0.15, 0.2) is 53.6 Å². The second kappa shape index (κ2) is 16.4. The van der Waals surface area contributed by atoms with Crippen LogP contribution in [0.1, 0.15) is 72.9 Å². The zero-order valence-corrected chi connectivity index (χ0v) is 36.0. The van der Waals surface area contributed by atoms with Gasteiger partial charge in [-0.25, -0.2) is 4.98 Å². The van der Waals surface area contributed by atoms with Gasteiger partial charge in [-0.2, -0.15) is 0 Å². The quantitative estimate of drug-likeness (QED) is 0.205. The van der Waals surface area contributed by atoms with Gasteiger partial charge in [0.25, 0.3) is 11.5 Å². The fraction of sp³-hybridized carbons (Fsp3) is 0.511. The van der Waals surface area contributed by atoms with Gasteiger partial charge in [0.05, 0.1) is 31.3 Å². The molecule has 3 saturated heterocycles. The number of hydrogen-bond donors (Lipinski definition) is 1. The van der Waals surface area contributed by atoms with E-state index in [2.05, 4.69) is 32.2 Å². The molecule has 322 valence electrons. The number of fused-ring (bicyclic) bond motifs is 2. The lowest BCUT2D eigenvalue weighted by Gasteiger charge is -2.52. The Labute approximate surface area is 356 Å². The van der Waals surface area contributed by atoms with Crippen molar-refractivity contribution in [2.24, 2.45) is 18.4 Å². The van der Waals surface area contributed by atoms with Crippen LogP contribution >= 0.6 is 0 Å². The Kier molecular flexibility index (Phi) is 11.0. The van der Waals surface area contributed by atoms with Gasteiger partial charge >= 0.3 is 0 Å². The summed E-state index contributed by atoms with van der Waals surface area (Å²) in [5.41, 5.74) is 4.59. The van der Waals surface area contributed by atoms with Gasteiger partial charge in [0.15, 0.2) is 0 Å². The van der Waals surface area contributed by atoms with Gasteiger partial charge in [-0.15, -0.1) is 0 Å². The first-order chi connectivity index (χ1) is 29.4. The van der Waals surface area contributed by atoms with Crippen LogP contribution in [0.5, 0.6) is 17.2 Å². The average molecular weight is 832 g/mol. The van der Waals surface area contributed by atoms with Crippen molar-refractivity contribution in [1.29, 1.82) is 0 Å². The predicted molar refractivity (Wildman–Crippen MR) is 232 cm³/mol. The zero-order chi connectivity index (χ0) is 42.6. The fourth-order valence-electron chi connectivity index (χ4n) is 10.4. The Morgan fingerprint density at radius 1 is 0.869 bits per heavy atom. The van der Waals surface area contributed by atoms with Gasteiger partial charge in [0, 0.05) is 76.1 Å². The first-order valence-corrected chi connectivity index (χ1v) is 21.7. The zero-order valence-electron chi connectivity index (χ0n) is 36.0. The number of carbonyl (C=O) groups is 3. The van der Waals surface area contributed by atoms with E-state index in [1.165, 1.54) is 12.8 Å². The molecular formula is C47H57N7O7. The molecule has 9 rings (SSSR count). The van der Waals surface area contributed by atoms with E-state index in [-0.39, 0.29) is 29.9 Å². The molecule has 5 aliphatic rings. The van der Waals surface area contributed by atoms with Crippen molar-refractivity contribution in [1.82, 2.24) is 29.6 Å². The fourth-order valence-corrected chi connectivity index (χ4v) is 10.4. The third-order valence-corrected chi connectivity index (χ3v) is 14.1. The number of carbonyl (C=O) groups excluding carboxylic acids is 3. The lowest BCUT2D eigenvalue weighted by atomic mass is 9.61. The molecule has 61 heavy (non-hydrogen) atoms. The summed E-state index contributed by atoms with van der Waals surface area (Å²) in [4.78, 5) is 63.6. The Morgan fingerprint density at radius 3 is 2.26 bits per heavy atom. The van der Waals surface area contributed by atoms with Crippen molar-refractivity contribution < 1.29 is 28.6 Å². The van der Waals surface area contributed by atoms with Crippen molar-refractivity contribution in [3.8, 4) is 28.4 Å². The minimum atomic E-state index is -0.615. The van der Waals surface area contributed by atoms with Gasteiger partial charge < -0.3 is 33.5 Å². The molecule has 4 aliphatic heterocycles. The summed E-state index contributed by atoms with van der Waals surface area (Å²) < 4.78 is 20.0. The average Bonchev–Trinajstić information content (AvgIpc) is 3.57. The Bertz CT molecular complexity index is 2400. The minimum Gasteiger partial charge on any atom is -0.496 e. The van der Waals surface area contributed by atoms with Crippen molar-refractivity contribution in [3.63, 3.8) is 0 Å². The topological polar surface area (TPSA) is 139 Å².